The molecule has 1 saturated heterocycles. The zero-order chi connectivity index (χ0) is 16.4. The fraction of sp³-hybridized carbons (Fsp3) is 0.312. The van der Waals surface area contributed by atoms with Crippen LogP contribution in [0.25, 0.3) is 10.8 Å². The molecule has 1 amide bonds. The zero-order valence-electron chi connectivity index (χ0n) is 12.9. The van der Waals surface area contributed by atoms with E-state index in [9.17, 15) is 4.79 Å². The predicted molar refractivity (Wildman–Crippen MR) is 89.5 cm³/mol. The van der Waals surface area contributed by atoms with Gasteiger partial charge in [-0.3, -0.25) is 4.79 Å². The van der Waals surface area contributed by atoms with Crippen LogP contribution in [0.5, 0.6) is 0 Å². The molecule has 3 aromatic heterocycles. The topological polar surface area (TPSA) is 76.8 Å². The van der Waals surface area contributed by atoms with Gasteiger partial charge in [-0.05, 0) is 18.9 Å². The second kappa shape index (κ2) is 6.48. The molecular formula is C16H16N6OS. The van der Waals surface area contributed by atoms with E-state index in [2.05, 4.69) is 24.5 Å². The number of carbonyl (C=O) groups excluding carboxylic acids is 1. The van der Waals surface area contributed by atoms with Gasteiger partial charge in [-0.1, -0.05) is 0 Å². The van der Waals surface area contributed by atoms with Crippen molar-refractivity contribution in [2.24, 2.45) is 0 Å². The molecular weight excluding hydrogens is 324 g/mol. The van der Waals surface area contributed by atoms with E-state index in [-0.39, 0.29) is 11.9 Å². The number of aromatic nitrogens is 5. The molecule has 4 heterocycles. The maximum Gasteiger partial charge on any atom is 0.265 e. The summed E-state index contributed by atoms with van der Waals surface area (Å²) in [5.74, 6) is 0.580. The van der Waals surface area contributed by atoms with Crippen molar-refractivity contribution in [3.05, 3.63) is 48.3 Å². The number of thiazole rings is 1. The van der Waals surface area contributed by atoms with E-state index in [0.717, 1.165) is 19.4 Å². The largest absolute Gasteiger partial charge is 0.336 e. The van der Waals surface area contributed by atoms with Crippen LogP contribution in [0.4, 0.5) is 0 Å². The summed E-state index contributed by atoms with van der Waals surface area (Å²) in [5.41, 5.74) is 0. The van der Waals surface area contributed by atoms with Crippen LogP contribution in [0, 0.1) is 0 Å². The van der Waals surface area contributed by atoms with Crippen molar-refractivity contribution < 1.29 is 4.79 Å². The van der Waals surface area contributed by atoms with Gasteiger partial charge < -0.3 is 9.47 Å². The van der Waals surface area contributed by atoms with Gasteiger partial charge in [-0.25, -0.2) is 19.9 Å². The minimum atomic E-state index is 0.0273. The van der Waals surface area contributed by atoms with E-state index in [1.807, 2.05) is 17.4 Å². The van der Waals surface area contributed by atoms with Crippen molar-refractivity contribution in [3.63, 3.8) is 0 Å². The standard InChI is InChI=1S/C16H16N6OS/c23-16(13-9-20-15(24-13)14-18-4-2-5-19-14)21-7-1-3-12(10-21)22-8-6-17-11-22/h2,4-6,8-9,11-12H,1,3,7,10H2/t12-/m1/s1. The van der Waals surface area contributed by atoms with Gasteiger partial charge in [-0.15, -0.1) is 11.3 Å². The van der Waals surface area contributed by atoms with E-state index >= 15 is 0 Å². The number of rotatable bonds is 3. The molecule has 0 spiro atoms. The van der Waals surface area contributed by atoms with E-state index in [0.29, 0.717) is 22.3 Å². The summed E-state index contributed by atoms with van der Waals surface area (Å²) >= 11 is 1.34. The van der Waals surface area contributed by atoms with E-state index in [1.165, 1.54) is 11.3 Å². The van der Waals surface area contributed by atoms with Gasteiger partial charge in [0, 0.05) is 37.9 Å². The van der Waals surface area contributed by atoms with Crippen LogP contribution in [-0.4, -0.2) is 48.4 Å². The number of hydrogen-bond donors (Lipinski definition) is 0. The summed E-state index contributed by atoms with van der Waals surface area (Å²) in [5, 5.41) is 0.669. The fourth-order valence-electron chi connectivity index (χ4n) is 2.91. The average Bonchev–Trinajstić information content (AvgIpc) is 3.34. The minimum absolute atomic E-state index is 0.0273. The van der Waals surface area contributed by atoms with Crippen LogP contribution in [0.15, 0.2) is 43.4 Å². The lowest BCUT2D eigenvalue weighted by Gasteiger charge is -2.33. The van der Waals surface area contributed by atoms with Crippen molar-refractivity contribution in [2.45, 2.75) is 18.9 Å². The van der Waals surface area contributed by atoms with E-state index in [1.54, 1.807) is 30.9 Å². The van der Waals surface area contributed by atoms with Gasteiger partial charge in [0.05, 0.1) is 18.6 Å². The molecule has 0 saturated carbocycles. The number of hydrogen-bond acceptors (Lipinski definition) is 6. The Morgan fingerprint density at radius 2 is 2.08 bits per heavy atom. The second-order valence-corrected chi connectivity index (χ2v) is 6.69. The van der Waals surface area contributed by atoms with Crippen molar-refractivity contribution >= 4 is 17.2 Å². The van der Waals surface area contributed by atoms with Crippen molar-refractivity contribution in [1.82, 2.24) is 29.4 Å². The molecule has 0 radical (unpaired) electrons. The molecule has 0 bridgehead atoms. The van der Waals surface area contributed by atoms with Crippen molar-refractivity contribution in [3.8, 4) is 10.8 Å². The third kappa shape index (κ3) is 2.92. The highest BCUT2D eigenvalue weighted by Crippen LogP contribution is 2.26. The number of piperidine rings is 1. The van der Waals surface area contributed by atoms with E-state index < -0.39 is 0 Å². The Morgan fingerprint density at radius 3 is 2.88 bits per heavy atom. The van der Waals surface area contributed by atoms with Crippen LogP contribution in [0.1, 0.15) is 28.6 Å². The first-order chi connectivity index (χ1) is 11.8. The molecule has 4 rings (SSSR count). The summed E-state index contributed by atoms with van der Waals surface area (Å²) in [6, 6.07) is 2.04. The molecule has 3 aromatic rings. The summed E-state index contributed by atoms with van der Waals surface area (Å²) in [7, 11) is 0. The molecule has 0 unspecified atom stereocenters. The Kier molecular flexibility index (Phi) is 4.04. The maximum absolute atomic E-state index is 12.8. The smallest absolute Gasteiger partial charge is 0.265 e. The Bertz CT molecular complexity index is 816. The third-order valence-corrected chi connectivity index (χ3v) is 5.09. The lowest BCUT2D eigenvalue weighted by molar-refractivity contribution is 0.0684. The van der Waals surface area contributed by atoms with Crippen LogP contribution >= 0.6 is 11.3 Å². The molecule has 1 aliphatic rings. The molecule has 24 heavy (non-hydrogen) atoms. The Morgan fingerprint density at radius 1 is 1.21 bits per heavy atom. The average molecular weight is 340 g/mol. The second-order valence-electron chi connectivity index (χ2n) is 5.66. The highest BCUT2D eigenvalue weighted by atomic mass is 32.1. The van der Waals surface area contributed by atoms with E-state index in [4.69, 9.17) is 0 Å². The molecule has 7 nitrogen and oxygen atoms in total. The first kappa shape index (κ1) is 14.9. The highest BCUT2D eigenvalue weighted by Gasteiger charge is 2.26. The summed E-state index contributed by atoms with van der Waals surface area (Å²) in [6.45, 7) is 1.48. The SMILES string of the molecule is O=C(c1cnc(-c2ncccn2)s1)N1CCC[C@@H](n2ccnc2)C1. The molecule has 0 aromatic carbocycles. The molecule has 1 aliphatic heterocycles. The monoisotopic (exact) mass is 340 g/mol. The van der Waals surface area contributed by atoms with Gasteiger partial charge in [0.15, 0.2) is 10.8 Å². The Labute approximate surface area is 143 Å². The number of nitrogens with zero attached hydrogens (tertiary/aromatic N) is 6. The lowest BCUT2D eigenvalue weighted by atomic mass is 10.1. The molecule has 1 atom stereocenters. The minimum Gasteiger partial charge on any atom is -0.336 e. The summed E-state index contributed by atoms with van der Waals surface area (Å²) in [4.78, 5) is 32.1. The van der Waals surface area contributed by atoms with Crippen molar-refractivity contribution in [2.75, 3.05) is 13.1 Å². The van der Waals surface area contributed by atoms with Crippen molar-refractivity contribution in [1.29, 1.82) is 0 Å². The summed E-state index contributed by atoms with van der Waals surface area (Å²) in [6.07, 6.45) is 12.6. The number of amides is 1. The third-order valence-electron chi connectivity index (χ3n) is 4.10. The molecule has 122 valence electrons. The quantitative estimate of drug-likeness (QED) is 0.731. The summed E-state index contributed by atoms with van der Waals surface area (Å²) < 4.78 is 2.08. The molecule has 0 aliphatic carbocycles. The van der Waals surface area contributed by atoms with Gasteiger partial charge in [0.1, 0.15) is 4.88 Å². The first-order valence-corrected chi connectivity index (χ1v) is 8.63. The highest BCUT2D eigenvalue weighted by molar-refractivity contribution is 7.16. The molecule has 0 N–H and O–H groups in total. The van der Waals surface area contributed by atoms with Crippen LogP contribution in [0.2, 0.25) is 0 Å². The Balaban J connectivity index is 1.50. The predicted octanol–water partition coefficient (Wildman–Crippen LogP) is 2.27. The Hall–Kier alpha value is -2.61. The van der Waals surface area contributed by atoms with Gasteiger partial charge in [-0.2, -0.15) is 0 Å². The van der Waals surface area contributed by atoms with Crippen LogP contribution in [0.3, 0.4) is 0 Å². The van der Waals surface area contributed by atoms with Gasteiger partial charge in [0.25, 0.3) is 5.91 Å². The number of imidazole rings is 1. The normalized spacial score (nSPS) is 17.8. The first-order valence-electron chi connectivity index (χ1n) is 7.81. The number of carbonyl (C=O) groups is 1. The van der Waals surface area contributed by atoms with Crippen LogP contribution in [-0.2, 0) is 0 Å². The fourth-order valence-corrected chi connectivity index (χ4v) is 3.74. The van der Waals surface area contributed by atoms with Gasteiger partial charge in [0.2, 0.25) is 0 Å². The molecule has 8 heteroatoms. The van der Waals surface area contributed by atoms with Crippen LogP contribution < -0.4 is 0 Å². The van der Waals surface area contributed by atoms with Gasteiger partial charge >= 0.3 is 0 Å². The zero-order valence-corrected chi connectivity index (χ0v) is 13.8. The lowest BCUT2D eigenvalue weighted by Crippen LogP contribution is -2.40. The molecule has 1 fully saturated rings. The number of likely N-dealkylation sites (tertiary alicyclic amines) is 1. The maximum atomic E-state index is 12.8.